The van der Waals surface area contributed by atoms with Gasteiger partial charge in [-0.05, 0) is 54.3 Å². The normalized spacial score (nSPS) is 16.6. The molecule has 1 atom stereocenters. The number of hydrogen-bond acceptors (Lipinski definition) is 4. The molecule has 2 N–H and O–H groups in total. The number of hydrogen-bond donors (Lipinski definition) is 2. The van der Waals surface area contributed by atoms with E-state index >= 15 is 0 Å². The van der Waals surface area contributed by atoms with Crippen LogP contribution >= 0.6 is 0 Å². The highest BCUT2D eigenvalue weighted by molar-refractivity contribution is 6.05. The van der Waals surface area contributed by atoms with Crippen molar-refractivity contribution >= 4 is 17.7 Å². The lowest BCUT2D eigenvalue weighted by atomic mass is 10.0. The first-order valence-electron chi connectivity index (χ1n) is 11.4. The summed E-state index contributed by atoms with van der Waals surface area (Å²) in [6.45, 7) is 0.143. The summed E-state index contributed by atoms with van der Waals surface area (Å²) in [7, 11) is 0. The molecule has 0 radical (unpaired) electrons. The third-order valence-electron chi connectivity index (χ3n) is 5.98. The summed E-state index contributed by atoms with van der Waals surface area (Å²) < 4.78 is 5.83. The summed E-state index contributed by atoms with van der Waals surface area (Å²) in [6, 6.07) is 23.5. The Morgan fingerprint density at radius 2 is 1.62 bits per heavy atom. The maximum Gasteiger partial charge on any atom is 0.255 e. The molecule has 1 aliphatic carbocycles. The number of fused-ring (bicyclic) bond motifs is 1. The predicted octanol–water partition coefficient (Wildman–Crippen LogP) is 3.57. The summed E-state index contributed by atoms with van der Waals surface area (Å²) in [5, 5.41) is 5.53. The van der Waals surface area contributed by atoms with E-state index in [9.17, 15) is 14.4 Å². The van der Waals surface area contributed by atoms with E-state index in [1.54, 1.807) is 17.0 Å². The van der Waals surface area contributed by atoms with E-state index in [1.807, 2.05) is 66.7 Å². The van der Waals surface area contributed by atoms with Crippen LogP contribution in [0.2, 0.25) is 0 Å². The molecular weight excluding hydrogens is 430 g/mol. The summed E-state index contributed by atoms with van der Waals surface area (Å²) in [5.41, 5.74) is 2.15. The van der Waals surface area contributed by atoms with Crippen LogP contribution in [0.4, 0.5) is 0 Å². The van der Waals surface area contributed by atoms with Gasteiger partial charge in [0.15, 0.2) is 0 Å². The monoisotopic (exact) mass is 455 g/mol. The molecular formula is C27H25N3O4. The topological polar surface area (TPSA) is 87.7 Å². The first kappa shape index (κ1) is 21.7. The van der Waals surface area contributed by atoms with Crippen molar-refractivity contribution in [1.29, 1.82) is 0 Å². The molecule has 1 aliphatic heterocycles. The number of para-hydroxylation sites is 1. The molecule has 0 saturated heterocycles. The van der Waals surface area contributed by atoms with Crippen LogP contribution in [-0.4, -0.2) is 35.2 Å². The predicted molar refractivity (Wildman–Crippen MR) is 126 cm³/mol. The van der Waals surface area contributed by atoms with Crippen LogP contribution in [0.1, 0.15) is 40.4 Å². The highest BCUT2D eigenvalue weighted by atomic mass is 16.5. The standard InChI is InChI=1S/C27H25N3O4/c31-24(28-16-18-7-6-10-21(15-18)34-20-8-2-1-3-9-20)17-29-26(32)25-22-11-4-5-12-23(22)27(33)30(25)19-13-14-19/h1-12,15,19,25H,13-14,16-17H2,(H,28,31)(H,29,32). The van der Waals surface area contributed by atoms with Gasteiger partial charge in [-0.2, -0.15) is 0 Å². The van der Waals surface area contributed by atoms with Crippen molar-refractivity contribution in [3.05, 3.63) is 95.6 Å². The van der Waals surface area contributed by atoms with Crippen LogP contribution in [0, 0.1) is 0 Å². The van der Waals surface area contributed by atoms with Gasteiger partial charge < -0.3 is 20.3 Å². The highest BCUT2D eigenvalue weighted by Crippen LogP contribution is 2.41. The Hall–Kier alpha value is -4.13. The number of benzene rings is 3. The van der Waals surface area contributed by atoms with E-state index < -0.39 is 6.04 Å². The van der Waals surface area contributed by atoms with E-state index in [2.05, 4.69) is 10.6 Å². The molecule has 0 aromatic heterocycles. The number of carbonyl (C=O) groups excluding carboxylic acids is 3. The van der Waals surface area contributed by atoms with Gasteiger partial charge in [0.2, 0.25) is 11.8 Å². The zero-order valence-corrected chi connectivity index (χ0v) is 18.6. The van der Waals surface area contributed by atoms with E-state index in [1.165, 1.54) is 0 Å². The lowest BCUT2D eigenvalue weighted by molar-refractivity contribution is -0.129. The fraction of sp³-hybridized carbons (Fsp3) is 0.222. The second-order valence-corrected chi connectivity index (χ2v) is 8.49. The molecule has 3 amide bonds. The Kier molecular flexibility index (Phi) is 5.99. The van der Waals surface area contributed by atoms with Gasteiger partial charge in [0, 0.05) is 18.2 Å². The van der Waals surface area contributed by atoms with Crippen molar-refractivity contribution in [2.24, 2.45) is 0 Å². The SMILES string of the molecule is O=C(CNC(=O)C1c2ccccc2C(=O)N1C1CC1)NCc1cccc(Oc2ccccc2)c1. The van der Waals surface area contributed by atoms with E-state index in [0.29, 0.717) is 23.4 Å². The van der Waals surface area contributed by atoms with Crippen LogP contribution in [0.15, 0.2) is 78.9 Å². The molecule has 34 heavy (non-hydrogen) atoms. The lowest BCUT2D eigenvalue weighted by Crippen LogP contribution is -2.43. The minimum absolute atomic E-state index is 0.0925. The third-order valence-corrected chi connectivity index (χ3v) is 5.98. The van der Waals surface area contributed by atoms with Gasteiger partial charge in [-0.25, -0.2) is 0 Å². The zero-order valence-electron chi connectivity index (χ0n) is 18.6. The van der Waals surface area contributed by atoms with E-state index in [-0.39, 0.29) is 30.3 Å². The minimum Gasteiger partial charge on any atom is -0.457 e. The maximum absolute atomic E-state index is 13.0. The van der Waals surface area contributed by atoms with Crippen molar-refractivity contribution in [2.75, 3.05) is 6.54 Å². The Balaban J connectivity index is 1.16. The quantitative estimate of drug-likeness (QED) is 0.544. The molecule has 3 aromatic carbocycles. The molecule has 1 fully saturated rings. The Morgan fingerprint density at radius 1 is 0.882 bits per heavy atom. The van der Waals surface area contributed by atoms with Crippen molar-refractivity contribution in [3.8, 4) is 11.5 Å². The van der Waals surface area contributed by atoms with Gasteiger partial charge in [0.05, 0.1) is 6.54 Å². The molecule has 3 aromatic rings. The van der Waals surface area contributed by atoms with Crippen LogP contribution in [0.25, 0.3) is 0 Å². The summed E-state index contributed by atoms with van der Waals surface area (Å²) in [4.78, 5) is 39.9. The van der Waals surface area contributed by atoms with Gasteiger partial charge >= 0.3 is 0 Å². The van der Waals surface area contributed by atoms with Crippen LogP contribution in [-0.2, 0) is 16.1 Å². The average molecular weight is 456 g/mol. The van der Waals surface area contributed by atoms with Crippen molar-refractivity contribution in [1.82, 2.24) is 15.5 Å². The third kappa shape index (κ3) is 4.64. The van der Waals surface area contributed by atoms with E-state index in [4.69, 9.17) is 4.74 Å². The second kappa shape index (κ2) is 9.39. The van der Waals surface area contributed by atoms with Crippen molar-refractivity contribution in [2.45, 2.75) is 31.5 Å². The Morgan fingerprint density at radius 3 is 2.41 bits per heavy atom. The second-order valence-electron chi connectivity index (χ2n) is 8.49. The largest absolute Gasteiger partial charge is 0.457 e. The lowest BCUT2D eigenvalue weighted by Gasteiger charge is -2.24. The molecule has 172 valence electrons. The molecule has 7 heteroatoms. The van der Waals surface area contributed by atoms with Gasteiger partial charge in [0.25, 0.3) is 5.91 Å². The van der Waals surface area contributed by atoms with Crippen molar-refractivity contribution < 1.29 is 19.1 Å². The molecule has 5 rings (SSSR count). The number of nitrogens with zero attached hydrogens (tertiary/aromatic N) is 1. The minimum atomic E-state index is -0.684. The fourth-order valence-electron chi connectivity index (χ4n) is 4.20. The molecule has 1 heterocycles. The number of rotatable bonds is 8. The average Bonchev–Trinajstić information content (AvgIpc) is 3.66. The number of nitrogens with one attached hydrogen (secondary N) is 2. The van der Waals surface area contributed by atoms with Gasteiger partial charge in [0.1, 0.15) is 17.5 Å². The first-order chi connectivity index (χ1) is 16.6. The highest BCUT2D eigenvalue weighted by Gasteiger charge is 2.47. The molecule has 1 unspecified atom stereocenters. The zero-order chi connectivity index (χ0) is 23.5. The number of amides is 3. The first-order valence-corrected chi connectivity index (χ1v) is 11.4. The molecule has 7 nitrogen and oxygen atoms in total. The number of carbonyl (C=O) groups is 3. The molecule has 0 spiro atoms. The molecule has 1 saturated carbocycles. The van der Waals surface area contributed by atoms with Crippen LogP contribution in [0.3, 0.4) is 0 Å². The van der Waals surface area contributed by atoms with Crippen molar-refractivity contribution in [3.63, 3.8) is 0 Å². The summed E-state index contributed by atoms with van der Waals surface area (Å²) in [6.07, 6.45) is 1.80. The fourth-order valence-corrected chi connectivity index (χ4v) is 4.20. The Labute approximate surface area is 197 Å². The molecule has 2 aliphatic rings. The summed E-state index contributed by atoms with van der Waals surface area (Å²) in [5.74, 6) is 0.659. The van der Waals surface area contributed by atoms with Crippen LogP contribution in [0.5, 0.6) is 11.5 Å². The summed E-state index contributed by atoms with van der Waals surface area (Å²) >= 11 is 0. The van der Waals surface area contributed by atoms with Gasteiger partial charge in [-0.1, -0.05) is 48.5 Å². The maximum atomic E-state index is 13.0. The van der Waals surface area contributed by atoms with E-state index in [0.717, 1.165) is 24.2 Å². The Bertz CT molecular complexity index is 1220. The van der Waals surface area contributed by atoms with Gasteiger partial charge in [-0.15, -0.1) is 0 Å². The van der Waals surface area contributed by atoms with Gasteiger partial charge in [-0.3, -0.25) is 14.4 Å². The van der Waals surface area contributed by atoms with Crippen LogP contribution < -0.4 is 15.4 Å². The number of ether oxygens (including phenoxy) is 1. The molecule has 0 bridgehead atoms. The smallest absolute Gasteiger partial charge is 0.255 e.